The first-order chi connectivity index (χ1) is 10.8. The lowest BCUT2D eigenvalue weighted by Gasteiger charge is -2.18. The summed E-state index contributed by atoms with van der Waals surface area (Å²) >= 11 is 1.46. The Kier molecular flexibility index (Phi) is 4.08. The minimum absolute atomic E-state index is 0.0531. The Hall–Kier alpha value is -2.78. The van der Waals surface area contributed by atoms with Crippen LogP contribution in [0.25, 0.3) is 6.08 Å². The van der Waals surface area contributed by atoms with Crippen LogP contribution in [0.15, 0.2) is 41.3 Å². The fourth-order valence-electron chi connectivity index (χ4n) is 1.98. The zero-order valence-electron chi connectivity index (χ0n) is 11.5. The van der Waals surface area contributed by atoms with Crippen molar-refractivity contribution in [3.8, 4) is 17.6 Å². The van der Waals surface area contributed by atoms with Gasteiger partial charge in [-0.1, -0.05) is 6.07 Å². The Morgan fingerprint density at radius 3 is 2.82 bits per heavy atom. The summed E-state index contributed by atoms with van der Waals surface area (Å²) in [6.45, 7) is 0.993. The monoisotopic (exact) mass is 312 g/mol. The van der Waals surface area contributed by atoms with Crippen molar-refractivity contribution in [1.29, 1.82) is 5.26 Å². The number of carbonyl (C=O) groups excluding carboxylic acids is 1. The zero-order valence-corrected chi connectivity index (χ0v) is 12.4. The van der Waals surface area contributed by atoms with Crippen molar-refractivity contribution in [2.24, 2.45) is 0 Å². The van der Waals surface area contributed by atoms with Gasteiger partial charge in [-0.05, 0) is 29.7 Å². The number of nitrogens with one attached hydrogen (secondary N) is 1. The molecule has 0 fully saturated rings. The molecule has 0 spiro atoms. The standard InChI is InChI=1S/C16H12N2O3S/c17-10-11(8-13-2-1-7-22-13)16(19)18-12-3-4-14-15(9-12)21-6-5-20-14/h1-4,7-9H,5-6H2,(H,18,19)/b11-8-. The van der Waals surface area contributed by atoms with Crippen LogP contribution >= 0.6 is 11.3 Å². The number of anilines is 1. The first-order valence-corrected chi connectivity index (χ1v) is 7.50. The molecule has 22 heavy (non-hydrogen) atoms. The molecule has 1 amide bonds. The van der Waals surface area contributed by atoms with E-state index in [1.54, 1.807) is 24.3 Å². The highest BCUT2D eigenvalue weighted by Gasteiger charge is 2.14. The van der Waals surface area contributed by atoms with E-state index >= 15 is 0 Å². The van der Waals surface area contributed by atoms with Gasteiger partial charge in [0.25, 0.3) is 5.91 Å². The number of ether oxygens (including phenoxy) is 2. The van der Waals surface area contributed by atoms with Crippen molar-refractivity contribution in [3.63, 3.8) is 0 Å². The van der Waals surface area contributed by atoms with Gasteiger partial charge in [-0.3, -0.25) is 4.79 Å². The van der Waals surface area contributed by atoms with Crippen LogP contribution in [0, 0.1) is 11.3 Å². The van der Waals surface area contributed by atoms with Gasteiger partial charge in [-0.15, -0.1) is 11.3 Å². The van der Waals surface area contributed by atoms with Crippen molar-refractivity contribution in [2.75, 3.05) is 18.5 Å². The van der Waals surface area contributed by atoms with E-state index in [2.05, 4.69) is 5.32 Å². The molecule has 3 rings (SSSR count). The molecule has 1 aromatic carbocycles. The molecule has 1 aliphatic heterocycles. The van der Waals surface area contributed by atoms with E-state index in [0.717, 1.165) is 4.88 Å². The molecule has 0 saturated carbocycles. The van der Waals surface area contributed by atoms with Crippen LogP contribution in [0.4, 0.5) is 5.69 Å². The average molecular weight is 312 g/mol. The second-order valence-electron chi connectivity index (χ2n) is 4.50. The molecule has 0 radical (unpaired) electrons. The van der Waals surface area contributed by atoms with E-state index in [-0.39, 0.29) is 5.57 Å². The summed E-state index contributed by atoms with van der Waals surface area (Å²) in [6, 6.07) is 10.8. The van der Waals surface area contributed by atoms with Crippen molar-refractivity contribution < 1.29 is 14.3 Å². The molecule has 2 aromatic rings. The Morgan fingerprint density at radius 1 is 1.27 bits per heavy atom. The molecule has 5 nitrogen and oxygen atoms in total. The maximum absolute atomic E-state index is 12.2. The van der Waals surface area contributed by atoms with E-state index in [4.69, 9.17) is 14.7 Å². The average Bonchev–Trinajstić information content (AvgIpc) is 3.05. The molecule has 2 heterocycles. The summed E-state index contributed by atoms with van der Waals surface area (Å²) in [5.41, 5.74) is 0.610. The zero-order chi connectivity index (χ0) is 15.4. The lowest BCUT2D eigenvalue weighted by Crippen LogP contribution is -2.17. The number of hydrogen-bond acceptors (Lipinski definition) is 5. The Balaban J connectivity index is 1.77. The van der Waals surface area contributed by atoms with Crippen LogP contribution in [-0.4, -0.2) is 19.1 Å². The van der Waals surface area contributed by atoms with Gasteiger partial charge < -0.3 is 14.8 Å². The van der Waals surface area contributed by atoms with Gasteiger partial charge in [0.1, 0.15) is 24.9 Å². The van der Waals surface area contributed by atoms with Gasteiger partial charge in [-0.2, -0.15) is 5.26 Å². The van der Waals surface area contributed by atoms with Gasteiger partial charge >= 0.3 is 0 Å². The van der Waals surface area contributed by atoms with Crippen LogP contribution < -0.4 is 14.8 Å². The van der Waals surface area contributed by atoms with Gasteiger partial charge in [-0.25, -0.2) is 0 Å². The highest BCUT2D eigenvalue weighted by Crippen LogP contribution is 2.32. The molecule has 0 saturated heterocycles. The quantitative estimate of drug-likeness (QED) is 0.698. The molecule has 0 aliphatic carbocycles. The highest BCUT2D eigenvalue weighted by molar-refractivity contribution is 7.10. The lowest BCUT2D eigenvalue weighted by atomic mass is 10.2. The van der Waals surface area contributed by atoms with E-state index in [0.29, 0.717) is 30.4 Å². The fraction of sp³-hybridized carbons (Fsp3) is 0.125. The fourth-order valence-corrected chi connectivity index (χ4v) is 2.64. The molecule has 1 N–H and O–H groups in total. The normalized spacial score (nSPS) is 13.3. The minimum Gasteiger partial charge on any atom is -0.486 e. The summed E-state index contributed by atoms with van der Waals surface area (Å²) in [5.74, 6) is 0.788. The van der Waals surface area contributed by atoms with Crippen LogP contribution in [0.2, 0.25) is 0 Å². The topological polar surface area (TPSA) is 71.4 Å². The van der Waals surface area contributed by atoms with E-state index < -0.39 is 5.91 Å². The molecule has 0 unspecified atom stereocenters. The number of rotatable bonds is 3. The largest absolute Gasteiger partial charge is 0.486 e. The SMILES string of the molecule is N#C/C(=C/c1cccs1)C(=O)Nc1ccc2c(c1)OCCO2. The summed E-state index contributed by atoms with van der Waals surface area (Å²) in [4.78, 5) is 13.0. The van der Waals surface area contributed by atoms with Gasteiger partial charge in [0.05, 0.1) is 0 Å². The molecule has 0 atom stereocenters. The Bertz CT molecular complexity index is 760. The second kappa shape index (κ2) is 6.33. The highest BCUT2D eigenvalue weighted by atomic mass is 32.1. The van der Waals surface area contributed by atoms with Gasteiger partial charge in [0, 0.05) is 16.6 Å². The first kappa shape index (κ1) is 14.2. The van der Waals surface area contributed by atoms with Crippen LogP contribution in [0.5, 0.6) is 11.5 Å². The Morgan fingerprint density at radius 2 is 2.09 bits per heavy atom. The number of nitrogens with zero attached hydrogens (tertiary/aromatic N) is 1. The summed E-state index contributed by atoms with van der Waals surface area (Å²) in [5, 5.41) is 13.7. The predicted molar refractivity (Wildman–Crippen MR) is 84.0 cm³/mol. The van der Waals surface area contributed by atoms with E-state index in [1.165, 1.54) is 11.3 Å². The maximum atomic E-state index is 12.2. The molecule has 6 heteroatoms. The van der Waals surface area contributed by atoms with Gasteiger partial charge in [0.2, 0.25) is 0 Å². The maximum Gasteiger partial charge on any atom is 0.266 e. The molecule has 110 valence electrons. The summed E-state index contributed by atoms with van der Waals surface area (Å²) in [6.07, 6.45) is 1.57. The van der Waals surface area contributed by atoms with Crippen molar-refractivity contribution in [1.82, 2.24) is 0 Å². The van der Waals surface area contributed by atoms with Crippen LogP contribution in [-0.2, 0) is 4.79 Å². The number of nitriles is 1. The first-order valence-electron chi connectivity index (χ1n) is 6.62. The minimum atomic E-state index is -0.451. The summed E-state index contributed by atoms with van der Waals surface area (Å²) in [7, 11) is 0. The molecule has 0 bridgehead atoms. The Labute approximate surface area is 131 Å². The third-order valence-electron chi connectivity index (χ3n) is 2.99. The third-order valence-corrected chi connectivity index (χ3v) is 3.81. The number of amides is 1. The number of carbonyl (C=O) groups is 1. The van der Waals surface area contributed by atoms with E-state index in [9.17, 15) is 4.79 Å². The number of thiophene rings is 1. The smallest absolute Gasteiger partial charge is 0.266 e. The van der Waals surface area contributed by atoms with Gasteiger partial charge in [0.15, 0.2) is 11.5 Å². The molecule has 1 aromatic heterocycles. The number of benzene rings is 1. The molecule has 1 aliphatic rings. The van der Waals surface area contributed by atoms with Crippen LogP contribution in [0.1, 0.15) is 4.88 Å². The number of hydrogen-bond donors (Lipinski definition) is 1. The summed E-state index contributed by atoms with van der Waals surface area (Å²) < 4.78 is 10.9. The third kappa shape index (κ3) is 3.10. The van der Waals surface area contributed by atoms with Crippen molar-refractivity contribution in [2.45, 2.75) is 0 Å². The molecular formula is C16H12N2O3S. The molecular weight excluding hydrogens is 300 g/mol. The van der Waals surface area contributed by atoms with E-state index in [1.807, 2.05) is 23.6 Å². The van der Waals surface area contributed by atoms with Crippen molar-refractivity contribution >= 4 is 29.0 Å². The number of fused-ring (bicyclic) bond motifs is 1. The lowest BCUT2D eigenvalue weighted by molar-refractivity contribution is -0.112. The predicted octanol–water partition coefficient (Wildman–Crippen LogP) is 3.06. The van der Waals surface area contributed by atoms with Crippen LogP contribution in [0.3, 0.4) is 0 Å². The second-order valence-corrected chi connectivity index (χ2v) is 5.48. The van der Waals surface area contributed by atoms with Crippen molar-refractivity contribution in [3.05, 3.63) is 46.2 Å².